The van der Waals surface area contributed by atoms with Crippen molar-refractivity contribution < 1.29 is 4.39 Å². The van der Waals surface area contributed by atoms with Crippen molar-refractivity contribution in [3.63, 3.8) is 0 Å². The lowest BCUT2D eigenvalue weighted by atomic mass is 9.97. The summed E-state index contributed by atoms with van der Waals surface area (Å²) in [7, 11) is 0. The van der Waals surface area contributed by atoms with E-state index >= 15 is 0 Å². The number of hydrogen-bond donors (Lipinski definition) is 1. The second kappa shape index (κ2) is 5.08. The molecule has 0 saturated carbocycles. The smallest absolute Gasteiger partial charge is 0.126 e. The lowest BCUT2D eigenvalue weighted by Gasteiger charge is -2.23. The van der Waals surface area contributed by atoms with E-state index in [0.717, 1.165) is 29.4 Å². The number of halogens is 2. The maximum Gasteiger partial charge on any atom is 0.126 e. The van der Waals surface area contributed by atoms with Crippen LogP contribution in [-0.2, 0) is 6.42 Å². The second-order valence-electron chi connectivity index (χ2n) is 4.09. The zero-order valence-electron chi connectivity index (χ0n) is 8.60. The van der Waals surface area contributed by atoms with Gasteiger partial charge in [-0.15, -0.1) is 0 Å². The molecule has 1 atom stereocenters. The van der Waals surface area contributed by atoms with Gasteiger partial charge in [0, 0.05) is 10.5 Å². The third kappa shape index (κ3) is 3.02. The molecular weight excluding hydrogens is 257 g/mol. The molecule has 0 aliphatic carbocycles. The van der Waals surface area contributed by atoms with Gasteiger partial charge in [-0.2, -0.15) is 0 Å². The normalized spacial score (nSPS) is 21.6. The minimum Gasteiger partial charge on any atom is -0.314 e. The molecule has 1 nitrogen and oxygen atoms in total. The monoisotopic (exact) mass is 271 g/mol. The van der Waals surface area contributed by atoms with Crippen molar-refractivity contribution in [2.24, 2.45) is 0 Å². The molecule has 82 valence electrons. The maximum atomic E-state index is 13.5. The number of rotatable bonds is 2. The molecule has 0 spiro atoms. The third-order valence-electron chi connectivity index (χ3n) is 2.89. The van der Waals surface area contributed by atoms with Crippen molar-refractivity contribution in [1.29, 1.82) is 0 Å². The maximum absolute atomic E-state index is 13.5. The van der Waals surface area contributed by atoms with E-state index < -0.39 is 0 Å². The number of piperidine rings is 1. The Hall–Kier alpha value is -0.410. The second-order valence-corrected chi connectivity index (χ2v) is 5.00. The molecule has 1 N–H and O–H groups in total. The van der Waals surface area contributed by atoms with Crippen LogP contribution in [0, 0.1) is 5.82 Å². The largest absolute Gasteiger partial charge is 0.314 e. The lowest BCUT2D eigenvalue weighted by molar-refractivity contribution is 0.395. The minimum atomic E-state index is -0.0921. The van der Waals surface area contributed by atoms with Crippen LogP contribution in [0.5, 0.6) is 0 Å². The summed E-state index contributed by atoms with van der Waals surface area (Å²) in [5.41, 5.74) is 0.809. The summed E-state index contributed by atoms with van der Waals surface area (Å²) < 4.78 is 14.4. The predicted octanol–water partition coefficient (Wildman–Crippen LogP) is 3.27. The SMILES string of the molecule is Fc1ccc(Br)cc1CC1CCCCN1. The highest BCUT2D eigenvalue weighted by Gasteiger charge is 2.14. The number of benzene rings is 1. The summed E-state index contributed by atoms with van der Waals surface area (Å²) in [6.07, 6.45) is 4.46. The van der Waals surface area contributed by atoms with E-state index in [-0.39, 0.29) is 5.82 Å². The molecule has 15 heavy (non-hydrogen) atoms. The first kappa shape index (κ1) is 11.1. The van der Waals surface area contributed by atoms with Gasteiger partial charge in [-0.25, -0.2) is 4.39 Å². The van der Waals surface area contributed by atoms with Gasteiger partial charge in [-0.1, -0.05) is 22.4 Å². The first-order valence-corrected chi connectivity index (χ1v) is 6.22. The Morgan fingerprint density at radius 1 is 1.40 bits per heavy atom. The summed E-state index contributed by atoms with van der Waals surface area (Å²) in [6, 6.07) is 5.60. The van der Waals surface area contributed by atoms with E-state index in [1.54, 1.807) is 6.07 Å². The Bertz CT molecular complexity index is 334. The van der Waals surface area contributed by atoms with Gasteiger partial charge in [0.2, 0.25) is 0 Å². The fourth-order valence-corrected chi connectivity index (χ4v) is 2.47. The highest BCUT2D eigenvalue weighted by Crippen LogP contribution is 2.19. The summed E-state index contributed by atoms with van der Waals surface area (Å²) in [5, 5.41) is 3.43. The first-order valence-electron chi connectivity index (χ1n) is 5.43. The first-order chi connectivity index (χ1) is 7.25. The van der Waals surface area contributed by atoms with Gasteiger partial charge in [-0.05, 0) is 49.6 Å². The molecule has 1 aliphatic heterocycles. The summed E-state index contributed by atoms with van der Waals surface area (Å²) in [6.45, 7) is 1.07. The lowest BCUT2D eigenvalue weighted by Crippen LogP contribution is -2.35. The van der Waals surface area contributed by atoms with Crippen molar-refractivity contribution >= 4 is 15.9 Å². The fourth-order valence-electron chi connectivity index (χ4n) is 2.06. The highest BCUT2D eigenvalue weighted by molar-refractivity contribution is 9.10. The summed E-state index contributed by atoms with van der Waals surface area (Å²) in [4.78, 5) is 0. The minimum absolute atomic E-state index is 0.0921. The zero-order chi connectivity index (χ0) is 10.7. The molecule has 3 heteroatoms. The molecule has 0 aromatic heterocycles. The van der Waals surface area contributed by atoms with Crippen LogP contribution in [0.2, 0.25) is 0 Å². The zero-order valence-corrected chi connectivity index (χ0v) is 10.2. The van der Waals surface area contributed by atoms with E-state index in [4.69, 9.17) is 0 Å². The van der Waals surface area contributed by atoms with E-state index in [1.165, 1.54) is 18.9 Å². The predicted molar refractivity (Wildman–Crippen MR) is 63.4 cm³/mol. The van der Waals surface area contributed by atoms with E-state index in [2.05, 4.69) is 21.2 Å². The van der Waals surface area contributed by atoms with Crippen LogP contribution in [0.1, 0.15) is 24.8 Å². The average molecular weight is 272 g/mol. The van der Waals surface area contributed by atoms with Crippen molar-refractivity contribution in [2.45, 2.75) is 31.7 Å². The molecular formula is C12H15BrFN. The quantitative estimate of drug-likeness (QED) is 0.871. The van der Waals surface area contributed by atoms with Gasteiger partial charge in [0.15, 0.2) is 0 Å². The van der Waals surface area contributed by atoms with Crippen LogP contribution in [0.15, 0.2) is 22.7 Å². The van der Waals surface area contributed by atoms with E-state index in [1.807, 2.05) is 6.07 Å². The van der Waals surface area contributed by atoms with Gasteiger partial charge < -0.3 is 5.32 Å². The standard InChI is InChI=1S/C12H15BrFN/c13-10-4-5-12(14)9(7-10)8-11-3-1-2-6-15-11/h4-5,7,11,15H,1-3,6,8H2. The molecule has 1 aromatic rings. The molecule has 1 heterocycles. The molecule has 0 radical (unpaired) electrons. The molecule has 1 unspecified atom stereocenters. The Morgan fingerprint density at radius 2 is 2.27 bits per heavy atom. The van der Waals surface area contributed by atoms with Crippen LogP contribution >= 0.6 is 15.9 Å². The van der Waals surface area contributed by atoms with Crippen molar-refractivity contribution in [2.75, 3.05) is 6.54 Å². The number of hydrogen-bond acceptors (Lipinski definition) is 1. The van der Waals surface area contributed by atoms with Gasteiger partial charge in [0.05, 0.1) is 0 Å². The third-order valence-corrected chi connectivity index (χ3v) is 3.38. The van der Waals surface area contributed by atoms with Crippen molar-refractivity contribution in [1.82, 2.24) is 5.32 Å². The molecule has 0 bridgehead atoms. The van der Waals surface area contributed by atoms with Gasteiger partial charge in [0.1, 0.15) is 5.82 Å². The van der Waals surface area contributed by atoms with Gasteiger partial charge >= 0.3 is 0 Å². The van der Waals surface area contributed by atoms with Crippen molar-refractivity contribution in [3.8, 4) is 0 Å². The average Bonchev–Trinajstić information content (AvgIpc) is 2.25. The van der Waals surface area contributed by atoms with Gasteiger partial charge in [-0.3, -0.25) is 0 Å². The van der Waals surface area contributed by atoms with Crippen molar-refractivity contribution in [3.05, 3.63) is 34.1 Å². The van der Waals surface area contributed by atoms with Crippen LogP contribution in [0.25, 0.3) is 0 Å². The fraction of sp³-hybridized carbons (Fsp3) is 0.500. The molecule has 1 aliphatic rings. The van der Waals surface area contributed by atoms with Crippen LogP contribution in [-0.4, -0.2) is 12.6 Å². The Morgan fingerprint density at radius 3 is 3.00 bits per heavy atom. The number of nitrogens with one attached hydrogen (secondary N) is 1. The topological polar surface area (TPSA) is 12.0 Å². The van der Waals surface area contributed by atoms with E-state index in [9.17, 15) is 4.39 Å². The molecule has 2 rings (SSSR count). The van der Waals surface area contributed by atoms with Crippen LogP contribution in [0.3, 0.4) is 0 Å². The van der Waals surface area contributed by atoms with Gasteiger partial charge in [0.25, 0.3) is 0 Å². The van der Waals surface area contributed by atoms with E-state index in [0.29, 0.717) is 6.04 Å². The Balaban J connectivity index is 2.05. The Kier molecular flexibility index (Phi) is 3.76. The summed E-state index contributed by atoms with van der Waals surface area (Å²) in [5.74, 6) is -0.0921. The molecule has 1 aromatic carbocycles. The molecule has 1 saturated heterocycles. The summed E-state index contributed by atoms with van der Waals surface area (Å²) >= 11 is 3.37. The molecule has 0 amide bonds. The van der Waals surface area contributed by atoms with Crippen LogP contribution in [0.4, 0.5) is 4.39 Å². The van der Waals surface area contributed by atoms with Crippen LogP contribution < -0.4 is 5.32 Å². The Labute approximate surface area is 98.2 Å². The molecule has 1 fully saturated rings. The highest BCUT2D eigenvalue weighted by atomic mass is 79.9.